The van der Waals surface area contributed by atoms with Gasteiger partial charge in [-0.2, -0.15) is 4.31 Å². The predicted molar refractivity (Wildman–Crippen MR) is 83.4 cm³/mol. The summed E-state index contributed by atoms with van der Waals surface area (Å²) in [6, 6.07) is 3.83. The van der Waals surface area contributed by atoms with Gasteiger partial charge in [0.2, 0.25) is 10.0 Å². The number of rotatable bonds is 6. The molecule has 5 nitrogen and oxygen atoms in total. The van der Waals surface area contributed by atoms with Crippen LogP contribution < -0.4 is 0 Å². The molecule has 0 atom stereocenters. The maximum absolute atomic E-state index is 13.9. The van der Waals surface area contributed by atoms with Crippen molar-refractivity contribution in [1.82, 2.24) is 4.31 Å². The van der Waals surface area contributed by atoms with E-state index in [0.717, 1.165) is 27.8 Å². The van der Waals surface area contributed by atoms with E-state index in [2.05, 4.69) is 0 Å². The Morgan fingerprint density at radius 2 is 2.00 bits per heavy atom. The summed E-state index contributed by atoms with van der Waals surface area (Å²) in [5, 5.41) is 10.2. The number of thiophene rings is 1. The summed E-state index contributed by atoms with van der Waals surface area (Å²) in [6.45, 7) is -0.225. The standard InChI is InChI=1S/C15H13F2NO4S2/c16-10-2-1-9(13(17)5-10)7-18(11-3-4-11)24(21,22)12-6-14(15(19)20)23-8-12/h1-2,5-6,8,11H,3-4,7H2,(H,19,20). The summed E-state index contributed by atoms with van der Waals surface area (Å²) in [4.78, 5) is 10.7. The van der Waals surface area contributed by atoms with Crippen LogP contribution in [0, 0.1) is 11.6 Å². The minimum Gasteiger partial charge on any atom is -0.477 e. The van der Waals surface area contributed by atoms with Crippen LogP contribution in [0.25, 0.3) is 0 Å². The van der Waals surface area contributed by atoms with E-state index < -0.39 is 27.6 Å². The van der Waals surface area contributed by atoms with Gasteiger partial charge < -0.3 is 5.11 Å². The lowest BCUT2D eigenvalue weighted by molar-refractivity contribution is 0.0702. The molecule has 3 rings (SSSR count). The molecular formula is C15H13F2NO4S2. The summed E-state index contributed by atoms with van der Waals surface area (Å²) >= 11 is 0.816. The highest BCUT2D eigenvalue weighted by atomic mass is 32.2. The Morgan fingerprint density at radius 3 is 2.54 bits per heavy atom. The van der Waals surface area contributed by atoms with Gasteiger partial charge in [-0.15, -0.1) is 11.3 Å². The van der Waals surface area contributed by atoms with Crippen molar-refractivity contribution in [3.63, 3.8) is 0 Å². The maximum atomic E-state index is 13.9. The fourth-order valence-corrected chi connectivity index (χ4v) is 5.05. The molecule has 128 valence electrons. The number of hydrogen-bond acceptors (Lipinski definition) is 4. The molecule has 1 fully saturated rings. The van der Waals surface area contributed by atoms with Crippen molar-refractivity contribution in [2.75, 3.05) is 0 Å². The first-order valence-corrected chi connectivity index (χ1v) is 9.38. The molecule has 24 heavy (non-hydrogen) atoms. The molecule has 1 aliphatic carbocycles. The van der Waals surface area contributed by atoms with Gasteiger partial charge in [-0.1, -0.05) is 6.07 Å². The highest BCUT2D eigenvalue weighted by Crippen LogP contribution is 2.35. The van der Waals surface area contributed by atoms with E-state index in [4.69, 9.17) is 5.11 Å². The van der Waals surface area contributed by atoms with Crippen LogP contribution in [-0.2, 0) is 16.6 Å². The van der Waals surface area contributed by atoms with Crippen LogP contribution in [0.3, 0.4) is 0 Å². The van der Waals surface area contributed by atoms with Crippen molar-refractivity contribution < 1.29 is 27.1 Å². The molecule has 0 aliphatic heterocycles. The average Bonchev–Trinajstić information content (AvgIpc) is 3.20. The molecule has 1 saturated carbocycles. The van der Waals surface area contributed by atoms with E-state index in [1.807, 2.05) is 0 Å². The number of nitrogens with zero attached hydrogens (tertiary/aromatic N) is 1. The smallest absolute Gasteiger partial charge is 0.345 e. The average molecular weight is 373 g/mol. The van der Waals surface area contributed by atoms with Gasteiger partial charge >= 0.3 is 5.97 Å². The van der Waals surface area contributed by atoms with Gasteiger partial charge in [-0.05, 0) is 25.0 Å². The quantitative estimate of drug-likeness (QED) is 0.844. The third-order valence-corrected chi connectivity index (χ3v) is 6.63. The fraction of sp³-hybridized carbons (Fsp3) is 0.267. The van der Waals surface area contributed by atoms with E-state index >= 15 is 0 Å². The molecule has 0 spiro atoms. The largest absolute Gasteiger partial charge is 0.477 e. The van der Waals surface area contributed by atoms with Gasteiger partial charge in [-0.25, -0.2) is 22.0 Å². The van der Waals surface area contributed by atoms with Crippen LogP contribution >= 0.6 is 11.3 Å². The van der Waals surface area contributed by atoms with Crippen molar-refractivity contribution in [2.45, 2.75) is 30.3 Å². The number of sulfonamides is 1. The molecule has 1 N–H and O–H groups in total. The third kappa shape index (κ3) is 3.33. The molecular weight excluding hydrogens is 360 g/mol. The van der Waals surface area contributed by atoms with E-state index in [1.54, 1.807) is 0 Å². The van der Waals surface area contributed by atoms with Crippen LogP contribution in [0.1, 0.15) is 28.1 Å². The van der Waals surface area contributed by atoms with E-state index in [0.29, 0.717) is 18.9 Å². The van der Waals surface area contributed by atoms with Gasteiger partial charge in [-0.3, -0.25) is 0 Å². The third-order valence-electron chi connectivity index (χ3n) is 3.69. The van der Waals surface area contributed by atoms with Gasteiger partial charge in [0.1, 0.15) is 16.5 Å². The summed E-state index contributed by atoms with van der Waals surface area (Å²) in [5.41, 5.74) is 0.0700. The lowest BCUT2D eigenvalue weighted by Gasteiger charge is -2.21. The monoisotopic (exact) mass is 373 g/mol. The molecule has 1 aromatic heterocycles. The second-order valence-electron chi connectivity index (χ2n) is 5.47. The number of halogens is 2. The first-order valence-electron chi connectivity index (χ1n) is 7.06. The van der Waals surface area contributed by atoms with Crippen molar-refractivity contribution in [3.8, 4) is 0 Å². The Morgan fingerprint density at radius 1 is 1.29 bits per heavy atom. The van der Waals surface area contributed by atoms with Crippen molar-refractivity contribution in [1.29, 1.82) is 0 Å². The molecule has 1 aromatic carbocycles. The Bertz CT molecular complexity index is 891. The summed E-state index contributed by atoms with van der Waals surface area (Å²) in [7, 11) is -3.96. The zero-order valence-electron chi connectivity index (χ0n) is 12.3. The Hall–Kier alpha value is -1.84. The molecule has 1 heterocycles. The number of hydrogen-bond donors (Lipinski definition) is 1. The molecule has 0 bridgehead atoms. The van der Waals surface area contributed by atoms with Crippen molar-refractivity contribution >= 4 is 27.3 Å². The highest BCUT2D eigenvalue weighted by Gasteiger charge is 2.39. The van der Waals surface area contributed by atoms with E-state index in [-0.39, 0.29) is 27.9 Å². The second-order valence-corrected chi connectivity index (χ2v) is 8.27. The topological polar surface area (TPSA) is 74.7 Å². The SMILES string of the molecule is O=C(O)c1cc(S(=O)(=O)N(Cc2ccc(F)cc2F)C2CC2)cs1. The lowest BCUT2D eigenvalue weighted by Crippen LogP contribution is -2.32. The first-order chi connectivity index (χ1) is 11.3. The number of benzene rings is 1. The van der Waals surface area contributed by atoms with Gasteiger partial charge in [0.15, 0.2) is 0 Å². The van der Waals surface area contributed by atoms with Crippen LogP contribution in [0.15, 0.2) is 34.5 Å². The van der Waals surface area contributed by atoms with Crippen LogP contribution in [0.4, 0.5) is 8.78 Å². The molecule has 9 heteroatoms. The summed E-state index contributed by atoms with van der Waals surface area (Å²) in [6.07, 6.45) is 1.30. The molecule has 1 aliphatic rings. The second kappa shape index (κ2) is 6.23. The summed E-state index contributed by atoms with van der Waals surface area (Å²) in [5.74, 6) is -2.75. The minimum absolute atomic E-state index is 0.0700. The molecule has 0 amide bonds. The molecule has 0 unspecified atom stereocenters. The normalized spacial score (nSPS) is 15.0. The zero-order valence-corrected chi connectivity index (χ0v) is 13.9. The van der Waals surface area contributed by atoms with Gasteiger partial charge in [0, 0.05) is 29.6 Å². The fourth-order valence-electron chi connectivity index (χ4n) is 2.29. The van der Waals surface area contributed by atoms with E-state index in [9.17, 15) is 22.0 Å². The van der Waals surface area contributed by atoms with Crippen LogP contribution in [-0.4, -0.2) is 29.8 Å². The zero-order chi connectivity index (χ0) is 17.5. The summed E-state index contributed by atoms with van der Waals surface area (Å²) < 4.78 is 53.6. The Kier molecular flexibility index (Phi) is 4.41. The number of carboxylic acids is 1. The Balaban J connectivity index is 1.93. The first kappa shape index (κ1) is 17.0. The highest BCUT2D eigenvalue weighted by molar-refractivity contribution is 7.89. The van der Waals surface area contributed by atoms with E-state index in [1.165, 1.54) is 11.4 Å². The number of aromatic carboxylic acids is 1. The van der Waals surface area contributed by atoms with Crippen LogP contribution in [0.5, 0.6) is 0 Å². The lowest BCUT2D eigenvalue weighted by atomic mass is 10.2. The number of carboxylic acid groups (broad SMARTS) is 1. The van der Waals surface area contributed by atoms with Crippen molar-refractivity contribution in [2.24, 2.45) is 0 Å². The Labute approximate surface area is 141 Å². The van der Waals surface area contributed by atoms with Gasteiger partial charge in [0.25, 0.3) is 0 Å². The van der Waals surface area contributed by atoms with Crippen molar-refractivity contribution in [3.05, 3.63) is 51.7 Å². The number of carbonyl (C=O) groups is 1. The minimum atomic E-state index is -3.96. The van der Waals surface area contributed by atoms with Gasteiger partial charge in [0.05, 0.1) is 4.90 Å². The molecule has 0 saturated heterocycles. The van der Waals surface area contributed by atoms with Crippen LogP contribution in [0.2, 0.25) is 0 Å². The molecule has 0 radical (unpaired) electrons. The molecule has 2 aromatic rings. The predicted octanol–water partition coefficient (Wildman–Crippen LogP) is 3.08. The maximum Gasteiger partial charge on any atom is 0.345 e.